The highest BCUT2D eigenvalue weighted by molar-refractivity contribution is 7.91. The van der Waals surface area contributed by atoms with E-state index in [0.717, 1.165) is 0 Å². The van der Waals surface area contributed by atoms with E-state index in [1.807, 2.05) is 0 Å². The Morgan fingerprint density at radius 2 is 2.17 bits per heavy atom. The van der Waals surface area contributed by atoms with Crippen LogP contribution in [0.15, 0.2) is 0 Å². The molecule has 1 aromatic rings. The second kappa shape index (κ2) is 5.91. The van der Waals surface area contributed by atoms with Gasteiger partial charge in [-0.1, -0.05) is 12.1 Å². The lowest BCUT2D eigenvalue weighted by Gasteiger charge is -2.05. The number of aromatic carboxylic acids is 1. The number of sulfone groups is 1. The molecule has 0 saturated heterocycles. The fraction of sp³-hybridized carbons (Fsp3) is 0.667. The largest absolute Gasteiger partial charge is 0.476 e. The zero-order valence-electron chi connectivity index (χ0n) is 10.0. The first kappa shape index (κ1) is 14.6. The van der Waals surface area contributed by atoms with E-state index in [4.69, 9.17) is 10.8 Å². The van der Waals surface area contributed by atoms with Gasteiger partial charge >= 0.3 is 5.97 Å². The second-order valence-electron chi connectivity index (χ2n) is 3.71. The molecule has 0 bridgehead atoms. The number of carboxylic acids is 1. The van der Waals surface area contributed by atoms with Crippen LogP contribution in [0.4, 0.5) is 0 Å². The molecule has 18 heavy (non-hydrogen) atoms. The van der Waals surface area contributed by atoms with Gasteiger partial charge in [-0.05, 0) is 6.42 Å². The molecular weight excluding hydrogens is 260 g/mol. The normalized spacial score (nSPS) is 11.7. The number of rotatable bonds is 7. The molecule has 0 aliphatic heterocycles. The van der Waals surface area contributed by atoms with Crippen molar-refractivity contribution in [1.82, 2.24) is 15.0 Å². The number of nitrogens with two attached hydrogens (primary N) is 1. The lowest BCUT2D eigenvalue weighted by Crippen LogP contribution is -2.15. The minimum atomic E-state index is -3.03. The van der Waals surface area contributed by atoms with Gasteiger partial charge in [0.15, 0.2) is 5.69 Å². The summed E-state index contributed by atoms with van der Waals surface area (Å²) in [6.07, 6.45) is 0.353. The molecule has 0 aromatic carbocycles. The van der Waals surface area contributed by atoms with Gasteiger partial charge in [-0.15, -0.1) is 5.10 Å². The Balaban J connectivity index is 2.71. The number of hydrogen-bond donors (Lipinski definition) is 2. The molecule has 1 rings (SSSR count). The van der Waals surface area contributed by atoms with Gasteiger partial charge < -0.3 is 10.8 Å². The molecular formula is C9H16N4O4S. The molecule has 0 aliphatic carbocycles. The molecule has 1 heterocycles. The first-order chi connectivity index (χ1) is 8.41. The lowest BCUT2D eigenvalue weighted by atomic mass is 10.3. The Labute approximate surface area is 105 Å². The average molecular weight is 276 g/mol. The van der Waals surface area contributed by atoms with Crippen molar-refractivity contribution < 1.29 is 18.3 Å². The van der Waals surface area contributed by atoms with Crippen molar-refractivity contribution in [3.63, 3.8) is 0 Å². The number of aromatic nitrogens is 3. The van der Waals surface area contributed by atoms with Crippen molar-refractivity contribution in [3.05, 3.63) is 11.4 Å². The van der Waals surface area contributed by atoms with Gasteiger partial charge in [0, 0.05) is 18.8 Å². The van der Waals surface area contributed by atoms with Crippen LogP contribution in [0.1, 0.15) is 29.5 Å². The Kier molecular flexibility index (Phi) is 4.79. The first-order valence-corrected chi connectivity index (χ1v) is 7.29. The van der Waals surface area contributed by atoms with E-state index >= 15 is 0 Å². The van der Waals surface area contributed by atoms with E-state index in [0.29, 0.717) is 12.1 Å². The molecule has 0 aliphatic rings. The summed E-state index contributed by atoms with van der Waals surface area (Å²) < 4.78 is 23.9. The summed E-state index contributed by atoms with van der Waals surface area (Å²) in [7, 11) is -3.03. The van der Waals surface area contributed by atoms with Crippen LogP contribution in [0, 0.1) is 0 Å². The van der Waals surface area contributed by atoms with E-state index in [1.54, 1.807) is 6.92 Å². The smallest absolute Gasteiger partial charge is 0.358 e. The lowest BCUT2D eigenvalue weighted by molar-refractivity contribution is 0.0689. The highest BCUT2D eigenvalue weighted by Crippen LogP contribution is 2.06. The molecule has 0 atom stereocenters. The van der Waals surface area contributed by atoms with Gasteiger partial charge in [-0.3, -0.25) is 0 Å². The fourth-order valence-corrected chi connectivity index (χ4v) is 2.32. The van der Waals surface area contributed by atoms with E-state index < -0.39 is 15.8 Å². The van der Waals surface area contributed by atoms with Gasteiger partial charge in [0.25, 0.3) is 0 Å². The van der Waals surface area contributed by atoms with Crippen molar-refractivity contribution in [2.24, 2.45) is 5.73 Å². The standard InChI is InChI=1S/C9H16N4O4S/c1-2-18(16,17)5-3-4-13-7(6-10)8(9(14)15)11-12-13/h2-6,10H2,1H3,(H,14,15). The molecule has 0 saturated carbocycles. The van der Waals surface area contributed by atoms with Crippen molar-refractivity contribution >= 4 is 15.8 Å². The van der Waals surface area contributed by atoms with Crippen LogP contribution in [0.3, 0.4) is 0 Å². The van der Waals surface area contributed by atoms with Gasteiger partial charge in [0.1, 0.15) is 9.84 Å². The Morgan fingerprint density at radius 3 is 2.67 bits per heavy atom. The fourth-order valence-electron chi connectivity index (χ4n) is 1.46. The number of aryl methyl sites for hydroxylation is 1. The first-order valence-electron chi connectivity index (χ1n) is 5.47. The molecule has 0 spiro atoms. The molecule has 8 nitrogen and oxygen atoms in total. The summed E-state index contributed by atoms with van der Waals surface area (Å²) in [6.45, 7) is 1.86. The Morgan fingerprint density at radius 1 is 1.50 bits per heavy atom. The quantitative estimate of drug-likeness (QED) is 0.671. The van der Waals surface area contributed by atoms with Crippen LogP contribution in [0.5, 0.6) is 0 Å². The zero-order valence-corrected chi connectivity index (χ0v) is 10.9. The topological polar surface area (TPSA) is 128 Å². The molecule has 0 radical (unpaired) electrons. The van der Waals surface area contributed by atoms with E-state index in [1.165, 1.54) is 4.68 Å². The second-order valence-corrected chi connectivity index (χ2v) is 6.18. The van der Waals surface area contributed by atoms with Crippen molar-refractivity contribution in [2.75, 3.05) is 11.5 Å². The third-order valence-electron chi connectivity index (χ3n) is 2.50. The summed E-state index contributed by atoms with van der Waals surface area (Å²) in [6, 6.07) is 0. The third kappa shape index (κ3) is 3.50. The monoisotopic (exact) mass is 276 g/mol. The summed E-state index contributed by atoms with van der Waals surface area (Å²) in [5.41, 5.74) is 5.55. The summed E-state index contributed by atoms with van der Waals surface area (Å²) in [4.78, 5) is 10.8. The molecule has 102 valence electrons. The number of carbonyl (C=O) groups is 1. The van der Waals surface area contributed by atoms with Gasteiger partial charge in [0.05, 0.1) is 11.4 Å². The summed E-state index contributed by atoms with van der Waals surface area (Å²) in [5.74, 6) is -1.06. The van der Waals surface area contributed by atoms with Crippen molar-refractivity contribution in [3.8, 4) is 0 Å². The molecule has 1 aromatic heterocycles. The van der Waals surface area contributed by atoms with Crippen LogP contribution in [-0.4, -0.2) is 46.0 Å². The minimum absolute atomic E-state index is 0.00480. The maximum Gasteiger partial charge on any atom is 0.358 e. The van der Waals surface area contributed by atoms with Crippen LogP contribution >= 0.6 is 0 Å². The number of nitrogens with zero attached hydrogens (tertiary/aromatic N) is 3. The Hall–Kier alpha value is -1.48. The van der Waals surface area contributed by atoms with Gasteiger partial charge in [-0.25, -0.2) is 17.9 Å². The van der Waals surface area contributed by atoms with E-state index in [-0.39, 0.29) is 30.3 Å². The van der Waals surface area contributed by atoms with Crippen molar-refractivity contribution in [1.29, 1.82) is 0 Å². The SMILES string of the molecule is CCS(=O)(=O)CCCn1nnc(C(=O)O)c1CN. The third-order valence-corrected chi connectivity index (χ3v) is 4.29. The molecule has 9 heteroatoms. The molecule has 0 amide bonds. The number of hydrogen-bond acceptors (Lipinski definition) is 6. The highest BCUT2D eigenvalue weighted by atomic mass is 32.2. The zero-order chi connectivity index (χ0) is 13.8. The van der Waals surface area contributed by atoms with Gasteiger partial charge in [0.2, 0.25) is 0 Å². The van der Waals surface area contributed by atoms with Crippen LogP contribution < -0.4 is 5.73 Å². The van der Waals surface area contributed by atoms with E-state index in [9.17, 15) is 13.2 Å². The maximum absolute atomic E-state index is 11.3. The number of carboxylic acid groups (broad SMARTS) is 1. The van der Waals surface area contributed by atoms with Crippen molar-refractivity contribution in [2.45, 2.75) is 26.4 Å². The van der Waals surface area contributed by atoms with Crippen LogP contribution in [0.2, 0.25) is 0 Å². The predicted octanol–water partition coefficient (Wildman–Crippen LogP) is -0.740. The molecule has 3 N–H and O–H groups in total. The predicted molar refractivity (Wildman–Crippen MR) is 63.8 cm³/mol. The molecule has 0 unspecified atom stereocenters. The summed E-state index contributed by atoms with van der Waals surface area (Å²) >= 11 is 0. The minimum Gasteiger partial charge on any atom is -0.476 e. The Bertz CT molecular complexity index is 523. The molecule has 0 fully saturated rings. The van der Waals surface area contributed by atoms with Gasteiger partial charge in [-0.2, -0.15) is 0 Å². The van der Waals surface area contributed by atoms with Crippen LogP contribution in [-0.2, 0) is 22.9 Å². The summed E-state index contributed by atoms with van der Waals surface area (Å²) in [5, 5.41) is 16.0. The highest BCUT2D eigenvalue weighted by Gasteiger charge is 2.17. The van der Waals surface area contributed by atoms with E-state index in [2.05, 4.69) is 10.3 Å². The maximum atomic E-state index is 11.3. The van der Waals surface area contributed by atoms with Crippen LogP contribution in [0.25, 0.3) is 0 Å². The average Bonchev–Trinajstić information content (AvgIpc) is 2.72.